The number of hydrogen-bond acceptors (Lipinski definition) is 0. The van der Waals surface area contributed by atoms with Crippen LogP contribution in [-0.4, -0.2) is 0 Å². The van der Waals surface area contributed by atoms with E-state index in [9.17, 15) is 0 Å². The molecule has 0 saturated heterocycles. The lowest BCUT2D eigenvalue weighted by Gasteiger charge is -2.20. The number of hydrogen-bond donors (Lipinski definition) is 0. The third kappa shape index (κ3) is 2.48. The van der Waals surface area contributed by atoms with Crippen molar-refractivity contribution < 1.29 is 0 Å². The van der Waals surface area contributed by atoms with Crippen molar-refractivity contribution in [3.8, 4) is 0 Å². The van der Waals surface area contributed by atoms with Crippen molar-refractivity contribution in [2.45, 2.75) is 53.9 Å². The number of rotatable bonds is 3. The summed E-state index contributed by atoms with van der Waals surface area (Å²) in [5.41, 5.74) is 0. The molecule has 1 aliphatic rings. The molecule has 1 rings (SSSR count). The molecular weight excluding hydrogens is 156 g/mol. The highest BCUT2D eigenvalue weighted by Gasteiger charge is 2.36. The minimum atomic E-state index is 0.884. The van der Waals surface area contributed by atoms with Gasteiger partial charge < -0.3 is 0 Å². The summed E-state index contributed by atoms with van der Waals surface area (Å²) in [6, 6.07) is 0. The molecule has 78 valence electrons. The first-order valence-electron chi connectivity index (χ1n) is 6.06. The second-order valence-corrected chi connectivity index (χ2v) is 5.51. The molecule has 4 unspecified atom stereocenters. The van der Waals surface area contributed by atoms with Crippen LogP contribution < -0.4 is 0 Å². The van der Waals surface area contributed by atoms with Crippen molar-refractivity contribution in [3.63, 3.8) is 0 Å². The molecule has 4 atom stereocenters. The van der Waals surface area contributed by atoms with Crippen LogP contribution in [0.5, 0.6) is 0 Å². The molecule has 1 saturated carbocycles. The zero-order valence-corrected chi connectivity index (χ0v) is 10.0. The van der Waals surface area contributed by atoms with Crippen molar-refractivity contribution in [2.24, 2.45) is 29.6 Å². The maximum atomic E-state index is 2.47. The van der Waals surface area contributed by atoms with Crippen molar-refractivity contribution >= 4 is 0 Å². The van der Waals surface area contributed by atoms with Gasteiger partial charge in [0.05, 0.1) is 0 Å². The summed E-state index contributed by atoms with van der Waals surface area (Å²) in [4.78, 5) is 0. The molecule has 0 nitrogen and oxygen atoms in total. The van der Waals surface area contributed by atoms with Gasteiger partial charge in [0.2, 0.25) is 0 Å². The summed E-state index contributed by atoms with van der Waals surface area (Å²) in [7, 11) is 0. The summed E-state index contributed by atoms with van der Waals surface area (Å²) >= 11 is 0. The maximum absolute atomic E-state index is 2.47. The van der Waals surface area contributed by atoms with E-state index < -0.39 is 0 Å². The smallest absolute Gasteiger partial charge is 0.0381 e. The third-order valence-electron chi connectivity index (χ3n) is 4.22. The van der Waals surface area contributed by atoms with Crippen LogP contribution in [0.25, 0.3) is 0 Å². The van der Waals surface area contributed by atoms with E-state index in [2.05, 4.69) is 34.6 Å². The molecular formula is C13H26. The lowest BCUT2D eigenvalue weighted by Crippen LogP contribution is -2.12. The Morgan fingerprint density at radius 2 is 1.62 bits per heavy atom. The Morgan fingerprint density at radius 3 is 2.00 bits per heavy atom. The molecule has 0 amide bonds. The van der Waals surface area contributed by atoms with Gasteiger partial charge in [0, 0.05) is 0 Å². The molecule has 0 heteroatoms. The second-order valence-electron chi connectivity index (χ2n) is 5.51. The van der Waals surface area contributed by atoms with Crippen LogP contribution in [0.1, 0.15) is 53.9 Å². The molecule has 0 aromatic heterocycles. The lowest BCUT2D eigenvalue weighted by molar-refractivity contribution is 0.298. The standard InChI is InChI=1S/C13H26/c1-6-12-8-13(7-9(2)3)11(5)10(12)4/h9-13H,6-8H2,1-5H3. The van der Waals surface area contributed by atoms with Gasteiger partial charge >= 0.3 is 0 Å². The first-order chi connectivity index (χ1) is 6.06. The average molecular weight is 182 g/mol. The van der Waals surface area contributed by atoms with Gasteiger partial charge in [-0.15, -0.1) is 0 Å². The molecule has 1 fully saturated rings. The molecule has 0 N–H and O–H groups in total. The van der Waals surface area contributed by atoms with Crippen LogP contribution in [0.2, 0.25) is 0 Å². The quantitative estimate of drug-likeness (QED) is 0.608. The van der Waals surface area contributed by atoms with Gasteiger partial charge in [-0.05, 0) is 42.4 Å². The summed E-state index contributed by atoms with van der Waals surface area (Å²) in [6.45, 7) is 12.0. The molecule has 1 aliphatic carbocycles. The fourth-order valence-corrected chi connectivity index (χ4v) is 3.13. The normalized spacial score (nSPS) is 40.2. The molecule has 0 aliphatic heterocycles. The summed E-state index contributed by atoms with van der Waals surface area (Å²) in [6.07, 6.45) is 4.33. The largest absolute Gasteiger partial charge is 0.0651 e. The van der Waals surface area contributed by atoms with Gasteiger partial charge in [-0.1, -0.05) is 41.0 Å². The first kappa shape index (κ1) is 11.1. The molecule has 0 radical (unpaired) electrons. The first-order valence-corrected chi connectivity index (χ1v) is 6.06. The van der Waals surface area contributed by atoms with Crippen molar-refractivity contribution in [1.82, 2.24) is 0 Å². The third-order valence-corrected chi connectivity index (χ3v) is 4.22. The predicted molar refractivity (Wildman–Crippen MR) is 59.7 cm³/mol. The molecule has 0 aromatic carbocycles. The maximum Gasteiger partial charge on any atom is -0.0381 e. The molecule has 13 heavy (non-hydrogen) atoms. The Bertz CT molecular complexity index is 148. The van der Waals surface area contributed by atoms with Crippen LogP contribution in [0.4, 0.5) is 0 Å². The van der Waals surface area contributed by atoms with E-state index >= 15 is 0 Å². The Balaban J connectivity index is 2.50. The zero-order chi connectivity index (χ0) is 10.0. The second kappa shape index (κ2) is 4.48. The van der Waals surface area contributed by atoms with Gasteiger partial charge in [-0.2, -0.15) is 0 Å². The van der Waals surface area contributed by atoms with E-state index in [1.165, 1.54) is 19.3 Å². The van der Waals surface area contributed by atoms with Crippen LogP contribution in [0.15, 0.2) is 0 Å². The minimum Gasteiger partial charge on any atom is -0.0651 e. The van der Waals surface area contributed by atoms with E-state index in [1.54, 1.807) is 0 Å². The highest BCUT2D eigenvalue weighted by molar-refractivity contribution is 4.86. The van der Waals surface area contributed by atoms with E-state index in [-0.39, 0.29) is 0 Å². The predicted octanol–water partition coefficient (Wildman–Crippen LogP) is 4.35. The monoisotopic (exact) mass is 182 g/mol. The summed E-state index contributed by atoms with van der Waals surface area (Å²) < 4.78 is 0. The van der Waals surface area contributed by atoms with Gasteiger partial charge in [-0.3, -0.25) is 0 Å². The molecule has 0 aromatic rings. The Labute approximate surface area is 84.1 Å². The molecule has 0 bridgehead atoms. The van der Waals surface area contributed by atoms with E-state index in [1.807, 2.05) is 0 Å². The minimum absolute atomic E-state index is 0.884. The average Bonchev–Trinajstić information content (AvgIpc) is 2.32. The highest BCUT2D eigenvalue weighted by atomic mass is 14.4. The van der Waals surface area contributed by atoms with Gasteiger partial charge in [0.25, 0.3) is 0 Å². The van der Waals surface area contributed by atoms with Crippen LogP contribution >= 0.6 is 0 Å². The van der Waals surface area contributed by atoms with Gasteiger partial charge in [0.15, 0.2) is 0 Å². The van der Waals surface area contributed by atoms with E-state index in [0.29, 0.717) is 0 Å². The zero-order valence-electron chi connectivity index (χ0n) is 10.0. The molecule has 0 heterocycles. The summed E-state index contributed by atoms with van der Waals surface area (Å²) in [5, 5.41) is 0. The highest BCUT2D eigenvalue weighted by Crippen LogP contribution is 2.45. The fraction of sp³-hybridized carbons (Fsp3) is 1.00. The van der Waals surface area contributed by atoms with Gasteiger partial charge in [-0.25, -0.2) is 0 Å². The Kier molecular flexibility index (Phi) is 3.82. The van der Waals surface area contributed by atoms with Crippen molar-refractivity contribution in [2.75, 3.05) is 0 Å². The topological polar surface area (TPSA) is 0 Å². The van der Waals surface area contributed by atoms with E-state index in [0.717, 1.165) is 29.6 Å². The van der Waals surface area contributed by atoms with Crippen LogP contribution in [0, 0.1) is 29.6 Å². The van der Waals surface area contributed by atoms with Crippen molar-refractivity contribution in [1.29, 1.82) is 0 Å². The fourth-order valence-electron chi connectivity index (χ4n) is 3.13. The SMILES string of the molecule is CCC1CC(CC(C)C)C(C)C1C. The van der Waals surface area contributed by atoms with E-state index in [4.69, 9.17) is 0 Å². The van der Waals surface area contributed by atoms with Crippen molar-refractivity contribution in [3.05, 3.63) is 0 Å². The Morgan fingerprint density at radius 1 is 1.08 bits per heavy atom. The summed E-state index contributed by atoms with van der Waals surface area (Å²) in [5.74, 6) is 4.84. The van der Waals surface area contributed by atoms with Crippen LogP contribution in [-0.2, 0) is 0 Å². The Hall–Kier alpha value is 0. The van der Waals surface area contributed by atoms with Gasteiger partial charge in [0.1, 0.15) is 0 Å². The molecule has 0 spiro atoms. The lowest BCUT2D eigenvalue weighted by atomic mass is 9.86. The van der Waals surface area contributed by atoms with Crippen LogP contribution in [0.3, 0.4) is 0 Å².